The van der Waals surface area contributed by atoms with Gasteiger partial charge in [-0.15, -0.1) is 0 Å². The molecule has 0 amide bonds. The second-order valence-corrected chi connectivity index (χ2v) is 10.0. The van der Waals surface area contributed by atoms with Gasteiger partial charge in [-0.3, -0.25) is 4.79 Å². The summed E-state index contributed by atoms with van der Waals surface area (Å²) in [7, 11) is 0. The lowest BCUT2D eigenvalue weighted by Crippen LogP contribution is -2.39. The zero-order valence-corrected chi connectivity index (χ0v) is 25.5. The minimum atomic E-state index is -0.166. The van der Waals surface area contributed by atoms with Crippen molar-refractivity contribution in [3.05, 3.63) is 72.1 Å². The van der Waals surface area contributed by atoms with Crippen molar-refractivity contribution in [2.24, 2.45) is 0 Å². The van der Waals surface area contributed by atoms with Crippen LogP contribution in [0.15, 0.2) is 60.9 Å². The van der Waals surface area contributed by atoms with Gasteiger partial charge in [-0.2, -0.15) is 13.5 Å². The minimum Gasteiger partial charge on any atom is -0.464 e. The molecule has 41 heavy (non-hydrogen) atoms. The monoisotopic (exact) mass is 580 g/mol. The Hall–Kier alpha value is -3.30. The molecule has 1 aliphatic heterocycles. The van der Waals surface area contributed by atoms with Gasteiger partial charge in [0.15, 0.2) is 0 Å². The van der Waals surface area contributed by atoms with Crippen LogP contribution in [0.25, 0.3) is 0 Å². The lowest BCUT2D eigenvalue weighted by atomic mass is 9.91. The Morgan fingerprint density at radius 1 is 1.07 bits per heavy atom. The fourth-order valence-electron chi connectivity index (χ4n) is 5.23. The van der Waals surface area contributed by atoms with Crippen LogP contribution in [-0.4, -0.2) is 48.3 Å². The Morgan fingerprint density at radius 2 is 1.80 bits per heavy atom. The summed E-state index contributed by atoms with van der Waals surface area (Å²) in [6.07, 6.45) is 7.54. The third kappa shape index (κ3) is 9.36. The van der Waals surface area contributed by atoms with E-state index in [4.69, 9.17) is 14.2 Å². The van der Waals surface area contributed by atoms with E-state index in [0.717, 1.165) is 68.1 Å². The van der Waals surface area contributed by atoms with E-state index < -0.39 is 0 Å². The molecule has 2 aromatic carbocycles. The standard InChI is InChI=1S/C32H42N4O4.H2S/c1-4-25(13-15-31(37)40-23-24-10-8-7-9-11-24)26-12-14-30(36(5-2)28-16-18-38-19-17-28)29(20-26)35-27-21-33-32(34-22-27)39-6-3;/h7-12,14,20-22,25,28,35H,4-6,13,15-19,23H2,1-3H3;1H2/t25-;/m1./s1. The first-order chi connectivity index (χ1) is 19.6. The Labute approximate surface area is 251 Å². The molecule has 0 bridgehead atoms. The van der Waals surface area contributed by atoms with Crippen molar-refractivity contribution in [1.82, 2.24) is 9.97 Å². The minimum absolute atomic E-state index is 0. The van der Waals surface area contributed by atoms with Crippen LogP contribution in [0.4, 0.5) is 17.1 Å². The highest BCUT2D eigenvalue weighted by Crippen LogP contribution is 2.36. The molecule has 9 heteroatoms. The normalized spacial score (nSPS) is 14.0. The summed E-state index contributed by atoms with van der Waals surface area (Å²) < 4.78 is 16.6. The van der Waals surface area contributed by atoms with Gasteiger partial charge in [-0.05, 0) is 68.7 Å². The fourth-order valence-corrected chi connectivity index (χ4v) is 5.23. The first-order valence-corrected chi connectivity index (χ1v) is 14.5. The summed E-state index contributed by atoms with van der Waals surface area (Å²) in [6, 6.07) is 17.2. The Balaban J connectivity index is 0.00000462. The van der Waals surface area contributed by atoms with Crippen LogP contribution in [0, 0.1) is 0 Å². The van der Waals surface area contributed by atoms with Crippen LogP contribution in [0.5, 0.6) is 6.01 Å². The molecule has 0 aliphatic carbocycles. The summed E-state index contributed by atoms with van der Waals surface area (Å²) in [5.41, 5.74) is 5.13. The molecule has 1 aliphatic rings. The predicted octanol–water partition coefficient (Wildman–Crippen LogP) is 6.75. The number of esters is 1. The van der Waals surface area contributed by atoms with E-state index in [1.54, 1.807) is 12.4 Å². The molecule has 1 atom stereocenters. The van der Waals surface area contributed by atoms with Gasteiger partial charge in [0.1, 0.15) is 6.61 Å². The summed E-state index contributed by atoms with van der Waals surface area (Å²) in [5, 5.41) is 3.57. The molecule has 0 unspecified atom stereocenters. The third-order valence-corrected chi connectivity index (χ3v) is 7.39. The van der Waals surface area contributed by atoms with E-state index >= 15 is 0 Å². The molecule has 1 aromatic heterocycles. The van der Waals surface area contributed by atoms with Crippen molar-refractivity contribution in [2.75, 3.05) is 36.6 Å². The zero-order chi connectivity index (χ0) is 28.2. The maximum Gasteiger partial charge on any atom is 0.316 e. The number of anilines is 3. The van der Waals surface area contributed by atoms with Crippen LogP contribution >= 0.6 is 13.5 Å². The lowest BCUT2D eigenvalue weighted by Gasteiger charge is -2.37. The van der Waals surface area contributed by atoms with Crippen LogP contribution in [-0.2, 0) is 20.9 Å². The number of aromatic nitrogens is 2. The molecular formula is C32H44N4O4S. The lowest BCUT2D eigenvalue weighted by molar-refractivity contribution is -0.145. The predicted molar refractivity (Wildman–Crippen MR) is 169 cm³/mol. The second-order valence-electron chi connectivity index (χ2n) is 10.0. The first kappa shape index (κ1) is 32.2. The summed E-state index contributed by atoms with van der Waals surface area (Å²) in [5.74, 6) is 0.0640. The van der Waals surface area contributed by atoms with E-state index in [0.29, 0.717) is 31.7 Å². The fraction of sp³-hybridized carbons (Fsp3) is 0.469. The van der Waals surface area contributed by atoms with E-state index in [9.17, 15) is 4.79 Å². The summed E-state index contributed by atoms with van der Waals surface area (Å²) in [6.45, 7) is 9.57. The Bertz CT molecular complexity index is 1190. The van der Waals surface area contributed by atoms with Crippen molar-refractivity contribution < 1.29 is 19.0 Å². The quantitative estimate of drug-likeness (QED) is 0.210. The van der Waals surface area contributed by atoms with Crippen molar-refractivity contribution in [1.29, 1.82) is 0 Å². The van der Waals surface area contributed by atoms with Crippen molar-refractivity contribution >= 4 is 36.5 Å². The molecule has 1 saturated heterocycles. The van der Waals surface area contributed by atoms with E-state index in [1.807, 2.05) is 37.3 Å². The number of benzene rings is 2. The molecule has 4 rings (SSSR count). The van der Waals surface area contributed by atoms with Gasteiger partial charge in [0.2, 0.25) is 0 Å². The second kappa shape index (κ2) is 16.8. The molecule has 8 nitrogen and oxygen atoms in total. The van der Waals surface area contributed by atoms with Gasteiger partial charge in [-0.1, -0.05) is 43.3 Å². The molecule has 1 N–H and O–H groups in total. The topological polar surface area (TPSA) is 85.8 Å². The van der Waals surface area contributed by atoms with Crippen molar-refractivity contribution in [2.45, 2.75) is 71.4 Å². The molecule has 0 saturated carbocycles. The van der Waals surface area contributed by atoms with Gasteiger partial charge < -0.3 is 24.4 Å². The smallest absolute Gasteiger partial charge is 0.316 e. The number of ether oxygens (including phenoxy) is 3. The summed E-state index contributed by atoms with van der Waals surface area (Å²) in [4.78, 5) is 23.7. The summed E-state index contributed by atoms with van der Waals surface area (Å²) >= 11 is 0. The van der Waals surface area contributed by atoms with Crippen LogP contribution in [0.1, 0.15) is 69.9 Å². The SMILES string of the molecule is CCOc1ncc(Nc2cc([C@H](CC)CCC(=O)OCc3ccccc3)ccc2N(CC)C2CCOCC2)cn1.S. The molecule has 0 spiro atoms. The average Bonchev–Trinajstić information content (AvgIpc) is 3.00. The van der Waals surface area contributed by atoms with Crippen LogP contribution < -0.4 is 15.0 Å². The number of rotatable bonds is 14. The van der Waals surface area contributed by atoms with Crippen LogP contribution in [0.2, 0.25) is 0 Å². The largest absolute Gasteiger partial charge is 0.464 e. The third-order valence-electron chi connectivity index (χ3n) is 7.39. The zero-order valence-electron chi connectivity index (χ0n) is 24.5. The highest BCUT2D eigenvalue weighted by atomic mass is 32.1. The first-order valence-electron chi connectivity index (χ1n) is 14.5. The molecule has 2 heterocycles. The number of carbonyl (C=O) groups is 1. The average molecular weight is 581 g/mol. The van der Waals surface area contributed by atoms with Crippen molar-refractivity contribution in [3.8, 4) is 6.01 Å². The maximum atomic E-state index is 12.5. The Kier molecular flexibility index (Phi) is 13.2. The van der Waals surface area contributed by atoms with E-state index in [2.05, 4.69) is 52.2 Å². The molecular weight excluding hydrogens is 536 g/mol. The molecule has 0 radical (unpaired) electrons. The van der Waals surface area contributed by atoms with Crippen LogP contribution in [0.3, 0.4) is 0 Å². The number of nitrogens with zero attached hydrogens (tertiary/aromatic N) is 3. The van der Waals surface area contributed by atoms with Gasteiger partial charge in [0, 0.05) is 32.2 Å². The highest BCUT2D eigenvalue weighted by molar-refractivity contribution is 7.59. The molecule has 1 fully saturated rings. The van der Waals surface area contributed by atoms with E-state index in [1.165, 1.54) is 5.56 Å². The number of carbonyl (C=O) groups excluding carboxylic acids is 1. The van der Waals surface area contributed by atoms with Gasteiger partial charge in [-0.25, -0.2) is 9.97 Å². The van der Waals surface area contributed by atoms with E-state index in [-0.39, 0.29) is 25.4 Å². The molecule has 222 valence electrons. The molecule has 3 aromatic rings. The number of nitrogens with one attached hydrogen (secondary N) is 1. The highest BCUT2D eigenvalue weighted by Gasteiger charge is 2.24. The van der Waals surface area contributed by atoms with Gasteiger partial charge in [0.25, 0.3) is 0 Å². The van der Waals surface area contributed by atoms with Gasteiger partial charge in [0.05, 0.1) is 36.1 Å². The van der Waals surface area contributed by atoms with Crippen molar-refractivity contribution in [3.63, 3.8) is 0 Å². The number of hydrogen-bond donors (Lipinski definition) is 1. The maximum absolute atomic E-state index is 12.5. The Morgan fingerprint density at radius 3 is 2.46 bits per heavy atom. The van der Waals surface area contributed by atoms with Gasteiger partial charge >= 0.3 is 12.0 Å². The number of hydrogen-bond acceptors (Lipinski definition) is 8.